The van der Waals surface area contributed by atoms with E-state index in [2.05, 4.69) is 87.0 Å². The van der Waals surface area contributed by atoms with Crippen molar-refractivity contribution in [3.8, 4) is 0 Å². The molecule has 1 nitrogen and oxygen atoms in total. The summed E-state index contributed by atoms with van der Waals surface area (Å²) in [6, 6.07) is 19.6. The van der Waals surface area contributed by atoms with Gasteiger partial charge < -0.3 is 4.57 Å². The van der Waals surface area contributed by atoms with Crippen LogP contribution in [0.3, 0.4) is 0 Å². The molecule has 0 N–H and O–H groups in total. The standard InChI is InChI=1S/C18H15N.C3H8.CH4/c1-12-11-17-18(14-8-4-3-7-13(12)14)15-9-5-6-10-16(15)19(17)2;1-3-2;/h3-11H,1-2H3;3H2,1-2H3;1H4. The van der Waals surface area contributed by atoms with Crippen molar-refractivity contribution < 1.29 is 0 Å². The van der Waals surface area contributed by atoms with Gasteiger partial charge in [0, 0.05) is 28.9 Å². The fraction of sp³-hybridized carbons (Fsp3) is 0.273. The summed E-state index contributed by atoms with van der Waals surface area (Å²) in [5.41, 5.74) is 3.96. The Morgan fingerprint density at radius 3 is 1.96 bits per heavy atom. The predicted octanol–water partition coefficient (Wildman–Crippen LogP) is 6.85. The SMILES string of the molecule is C.CCC.Cc1cc2c(c3ccccc13)c1ccccc1n2C. The number of rotatable bonds is 0. The molecule has 0 fully saturated rings. The first kappa shape index (κ1) is 17.1. The highest BCUT2D eigenvalue weighted by molar-refractivity contribution is 6.21. The monoisotopic (exact) mass is 305 g/mol. The number of aromatic nitrogens is 1. The summed E-state index contributed by atoms with van der Waals surface area (Å²) in [6.45, 7) is 6.44. The molecule has 0 aliphatic rings. The van der Waals surface area contributed by atoms with Crippen LogP contribution in [0.15, 0.2) is 54.6 Å². The van der Waals surface area contributed by atoms with Gasteiger partial charge in [-0.2, -0.15) is 0 Å². The van der Waals surface area contributed by atoms with Crippen LogP contribution in [0, 0.1) is 6.92 Å². The number of aryl methyl sites for hydroxylation is 2. The minimum Gasteiger partial charge on any atom is -0.344 e. The molecule has 1 heteroatoms. The summed E-state index contributed by atoms with van der Waals surface area (Å²) in [4.78, 5) is 0. The van der Waals surface area contributed by atoms with Crippen LogP contribution >= 0.6 is 0 Å². The summed E-state index contributed by atoms with van der Waals surface area (Å²) in [7, 11) is 2.15. The third-order valence-corrected chi connectivity index (χ3v) is 4.13. The molecular formula is C22H27N. The highest BCUT2D eigenvalue weighted by Gasteiger charge is 2.11. The van der Waals surface area contributed by atoms with Crippen molar-refractivity contribution in [2.75, 3.05) is 0 Å². The summed E-state index contributed by atoms with van der Waals surface area (Å²) < 4.78 is 2.30. The molecule has 1 heterocycles. The number of hydrogen-bond donors (Lipinski definition) is 0. The minimum atomic E-state index is 0. The smallest absolute Gasteiger partial charge is 0.0497 e. The van der Waals surface area contributed by atoms with Crippen LogP contribution in [0.1, 0.15) is 33.3 Å². The second-order valence-electron chi connectivity index (χ2n) is 5.92. The van der Waals surface area contributed by atoms with Gasteiger partial charge in [0.1, 0.15) is 0 Å². The van der Waals surface area contributed by atoms with Gasteiger partial charge in [-0.05, 0) is 35.4 Å². The molecule has 0 unspecified atom stereocenters. The van der Waals surface area contributed by atoms with Crippen molar-refractivity contribution in [2.24, 2.45) is 7.05 Å². The van der Waals surface area contributed by atoms with Gasteiger partial charge in [-0.3, -0.25) is 0 Å². The molecule has 0 aliphatic heterocycles. The molecule has 0 saturated carbocycles. The topological polar surface area (TPSA) is 4.93 Å². The summed E-state index contributed by atoms with van der Waals surface area (Å²) in [5, 5.41) is 5.43. The van der Waals surface area contributed by atoms with Crippen molar-refractivity contribution in [3.05, 3.63) is 60.2 Å². The maximum Gasteiger partial charge on any atom is 0.0497 e. The first-order chi connectivity index (χ1) is 10.7. The number of para-hydroxylation sites is 1. The van der Waals surface area contributed by atoms with Crippen molar-refractivity contribution in [2.45, 2.75) is 34.6 Å². The van der Waals surface area contributed by atoms with E-state index < -0.39 is 0 Å². The Balaban J connectivity index is 0.000000448. The van der Waals surface area contributed by atoms with E-state index in [9.17, 15) is 0 Å². The zero-order valence-corrected chi connectivity index (χ0v) is 13.9. The minimum absolute atomic E-state index is 0. The van der Waals surface area contributed by atoms with Crippen LogP contribution < -0.4 is 0 Å². The Kier molecular flexibility index (Phi) is 5.10. The fourth-order valence-corrected chi connectivity index (χ4v) is 3.19. The van der Waals surface area contributed by atoms with Gasteiger partial charge in [0.25, 0.3) is 0 Å². The van der Waals surface area contributed by atoms with Crippen LogP contribution in [-0.2, 0) is 7.05 Å². The summed E-state index contributed by atoms with van der Waals surface area (Å²) in [5.74, 6) is 0. The maximum absolute atomic E-state index is 2.30. The molecule has 0 bridgehead atoms. The molecule has 0 spiro atoms. The Labute approximate surface area is 139 Å². The van der Waals surface area contributed by atoms with E-state index in [1.165, 1.54) is 44.6 Å². The molecule has 0 atom stereocenters. The molecule has 120 valence electrons. The lowest BCUT2D eigenvalue weighted by Gasteiger charge is -2.05. The van der Waals surface area contributed by atoms with Gasteiger partial charge >= 0.3 is 0 Å². The zero-order valence-electron chi connectivity index (χ0n) is 13.9. The fourth-order valence-electron chi connectivity index (χ4n) is 3.19. The summed E-state index contributed by atoms with van der Waals surface area (Å²) in [6.07, 6.45) is 1.25. The van der Waals surface area contributed by atoms with Crippen molar-refractivity contribution in [1.29, 1.82) is 0 Å². The zero-order chi connectivity index (χ0) is 15.7. The molecule has 0 amide bonds. The number of nitrogens with zero attached hydrogens (tertiary/aromatic N) is 1. The van der Waals surface area contributed by atoms with Crippen LogP contribution in [0.2, 0.25) is 0 Å². The maximum atomic E-state index is 2.30. The van der Waals surface area contributed by atoms with Gasteiger partial charge in [0.15, 0.2) is 0 Å². The van der Waals surface area contributed by atoms with E-state index in [4.69, 9.17) is 0 Å². The van der Waals surface area contributed by atoms with E-state index >= 15 is 0 Å². The number of fused-ring (bicyclic) bond motifs is 5. The molecule has 23 heavy (non-hydrogen) atoms. The average Bonchev–Trinajstić information content (AvgIpc) is 2.82. The van der Waals surface area contributed by atoms with Crippen LogP contribution in [0.25, 0.3) is 32.6 Å². The molecule has 0 aliphatic carbocycles. The second kappa shape index (κ2) is 6.87. The van der Waals surface area contributed by atoms with Crippen molar-refractivity contribution in [3.63, 3.8) is 0 Å². The van der Waals surface area contributed by atoms with E-state index in [-0.39, 0.29) is 7.43 Å². The van der Waals surface area contributed by atoms with Gasteiger partial charge in [-0.1, -0.05) is 70.2 Å². The van der Waals surface area contributed by atoms with E-state index in [1.54, 1.807) is 0 Å². The van der Waals surface area contributed by atoms with E-state index in [0.717, 1.165) is 0 Å². The predicted molar refractivity (Wildman–Crippen MR) is 105 cm³/mol. The summed E-state index contributed by atoms with van der Waals surface area (Å²) >= 11 is 0. The van der Waals surface area contributed by atoms with Gasteiger partial charge in [-0.15, -0.1) is 0 Å². The van der Waals surface area contributed by atoms with Gasteiger partial charge in [0.2, 0.25) is 0 Å². The molecule has 4 aromatic rings. The molecule has 0 radical (unpaired) electrons. The largest absolute Gasteiger partial charge is 0.344 e. The molecule has 0 saturated heterocycles. The first-order valence-corrected chi connectivity index (χ1v) is 8.04. The third kappa shape index (κ3) is 2.72. The average molecular weight is 305 g/mol. The normalized spacial score (nSPS) is 10.4. The molecule has 4 rings (SSSR count). The Morgan fingerprint density at radius 1 is 0.783 bits per heavy atom. The van der Waals surface area contributed by atoms with Gasteiger partial charge in [0.05, 0.1) is 0 Å². The lowest BCUT2D eigenvalue weighted by atomic mass is 10.00. The van der Waals surface area contributed by atoms with Gasteiger partial charge in [-0.25, -0.2) is 0 Å². The van der Waals surface area contributed by atoms with Crippen molar-refractivity contribution >= 4 is 32.6 Å². The second-order valence-corrected chi connectivity index (χ2v) is 5.92. The number of hydrogen-bond acceptors (Lipinski definition) is 0. The van der Waals surface area contributed by atoms with Crippen LogP contribution in [0.5, 0.6) is 0 Å². The third-order valence-electron chi connectivity index (χ3n) is 4.13. The van der Waals surface area contributed by atoms with E-state index in [1.807, 2.05) is 0 Å². The number of benzene rings is 3. The Bertz CT molecular complexity index is 938. The molecule has 1 aromatic heterocycles. The highest BCUT2D eigenvalue weighted by Crippen LogP contribution is 2.35. The molecular weight excluding hydrogens is 278 g/mol. The molecule has 3 aromatic carbocycles. The highest BCUT2D eigenvalue weighted by atomic mass is 14.9. The Morgan fingerprint density at radius 2 is 1.30 bits per heavy atom. The lowest BCUT2D eigenvalue weighted by molar-refractivity contribution is 1.01. The van der Waals surface area contributed by atoms with Crippen LogP contribution in [-0.4, -0.2) is 4.57 Å². The van der Waals surface area contributed by atoms with Crippen LogP contribution in [0.4, 0.5) is 0 Å². The van der Waals surface area contributed by atoms with E-state index in [0.29, 0.717) is 0 Å². The quantitative estimate of drug-likeness (QED) is 0.335. The first-order valence-electron chi connectivity index (χ1n) is 8.04. The lowest BCUT2D eigenvalue weighted by Crippen LogP contribution is -1.87. The van der Waals surface area contributed by atoms with Crippen molar-refractivity contribution in [1.82, 2.24) is 4.57 Å². The Hall–Kier alpha value is -2.28.